The summed E-state index contributed by atoms with van der Waals surface area (Å²) in [6.45, 7) is 2.24. The highest BCUT2D eigenvalue weighted by Crippen LogP contribution is 2.29. The second-order valence-electron chi connectivity index (χ2n) is 5.04. The Hall–Kier alpha value is -1.11. The molecule has 6 heteroatoms. The minimum Gasteiger partial charge on any atom is -0.493 e. The maximum absolute atomic E-state index is 12.6. The van der Waals surface area contributed by atoms with Crippen molar-refractivity contribution >= 4 is 10.0 Å². The molecule has 0 radical (unpaired) electrons. The molecule has 0 aromatic heterocycles. The Morgan fingerprint density at radius 2 is 2.26 bits per heavy atom. The first-order chi connectivity index (χ1) is 9.09. The van der Waals surface area contributed by atoms with Crippen LogP contribution in [-0.4, -0.2) is 45.5 Å². The Morgan fingerprint density at radius 3 is 3.00 bits per heavy atom. The quantitative estimate of drug-likeness (QED) is 0.882. The molecule has 2 aliphatic heterocycles. The standard InChI is InChI=1S/C13H18N2O3S/c1-15(11-4-6-14-9-11)19(16,17)12-2-3-13-10(8-12)5-7-18-13/h2-3,8,11,14H,4-7,9H2,1H3. The predicted molar refractivity (Wildman–Crippen MR) is 71.9 cm³/mol. The molecule has 2 heterocycles. The van der Waals surface area contributed by atoms with Crippen LogP contribution in [0.25, 0.3) is 0 Å². The fourth-order valence-corrected chi connectivity index (χ4v) is 4.07. The van der Waals surface area contributed by atoms with Gasteiger partial charge in [0.2, 0.25) is 10.0 Å². The van der Waals surface area contributed by atoms with Gasteiger partial charge in [0.05, 0.1) is 11.5 Å². The summed E-state index contributed by atoms with van der Waals surface area (Å²) in [5.74, 6) is 0.809. The summed E-state index contributed by atoms with van der Waals surface area (Å²) in [5.41, 5.74) is 0.985. The van der Waals surface area contributed by atoms with Gasteiger partial charge in [0, 0.05) is 26.1 Å². The Balaban J connectivity index is 1.91. The van der Waals surface area contributed by atoms with Gasteiger partial charge in [-0.3, -0.25) is 0 Å². The van der Waals surface area contributed by atoms with E-state index in [1.165, 1.54) is 4.31 Å². The Labute approximate surface area is 113 Å². The molecule has 19 heavy (non-hydrogen) atoms. The van der Waals surface area contributed by atoms with Crippen LogP contribution >= 0.6 is 0 Å². The number of fused-ring (bicyclic) bond motifs is 1. The van der Waals surface area contributed by atoms with Crippen LogP contribution in [0.15, 0.2) is 23.1 Å². The van der Waals surface area contributed by atoms with Gasteiger partial charge in [0.1, 0.15) is 5.75 Å². The number of nitrogens with one attached hydrogen (secondary N) is 1. The molecule has 0 aliphatic carbocycles. The third-order valence-electron chi connectivity index (χ3n) is 3.89. The van der Waals surface area contributed by atoms with E-state index < -0.39 is 10.0 Å². The Bertz CT molecular complexity index is 580. The average Bonchev–Trinajstić information content (AvgIpc) is 3.07. The fraction of sp³-hybridized carbons (Fsp3) is 0.538. The molecule has 0 amide bonds. The molecule has 104 valence electrons. The van der Waals surface area contributed by atoms with Crippen molar-refractivity contribution in [2.75, 3.05) is 26.7 Å². The van der Waals surface area contributed by atoms with E-state index in [9.17, 15) is 8.42 Å². The number of hydrogen-bond donors (Lipinski definition) is 1. The van der Waals surface area contributed by atoms with Crippen molar-refractivity contribution in [2.24, 2.45) is 0 Å². The van der Waals surface area contributed by atoms with E-state index >= 15 is 0 Å². The smallest absolute Gasteiger partial charge is 0.243 e. The van der Waals surface area contributed by atoms with E-state index in [-0.39, 0.29) is 6.04 Å². The van der Waals surface area contributed by atoms with Crippen LogP contribution in [0.3, 0.4) is 0 Å². The van der Waals surface area contributed by atoms with E-state index in [1.807, 2.05) is 0 Å². The highest BCUT2D eigenvalue weighted by Gasteiger charge is 2.30. The summed E-state index contributed by atoms with van der Waals surface area (Å²) in [7, 11) is -1.74. The monoisotopic (exact) mass is 282 g/mol. The third-order valence-corrected chi connectivity index (χ3v) is 5.79. The lowest BCUT2D eigenvalue weighted by Gasteiger charge is -2.23. The van der Waals surface area contributed by atoms with Gasteiger partial charge in [-0.05, 0) is 36.7 Å². The molecule has 3 rings (SSSR count). The summed E-state index contributed by atoms with van der Waals surface area (Å²) in [4.78, 5) is 0.367. The second-order valence-corrected chi connectivity index (χ2v) is 7.03. The zero-order valence-corrected chi connectivity index (χ0v) is 11.7. The maximum atomic E-state index is 12.6. The van der Waals surface area contributed by atoms with Crippen LogP contribution in [0, 0.1) is 0 Å². The van der Waals surface area contributed by atoms with Gasteiger partial charge in [-0.15, -0.1) is 0 Å². The number of sulfonamides is 1. The summed E-state index contributed by atoms with van der Waals surface area (Å²) in [6, 6.07) is 5.19. The van der Waals surface area contributed by atoms with Gasteiger partial charge in [0.15, 0.2) is 0 Å². The predicted octanol–water partition coefficient (Wildman–Crippen LogP) is 0.604. The topological polar surface area (TPSA) is 58.6 Å². The van der Waals surface area contributed by atoms with Crippen LogP contribution in [0.2, 0.25) is 0 Å². The Kier molecular flexibility index (Phi) is 3.24. The van der Waals surface area contributed by atoms with E-state index in [1.54, 1.807) is 25.2 Å². The van der Waals surface area contributed by atoms with E-state index in [2.05, 4.69) is 5.32 Å². The first kappa shape index (κ1) is 12.9. The highest BCUT2D eigenvalue weighted by atomic mass is 32.2. The number of rotatable bonds is 3. The number of likely N-dealkylation sites (N-methyl/N-ethyl adjacent to an activating group) is 1. The molecular weight excluding hydrogens is 264 g/mol. The molecule has 0 saturated carbocycles. The van der Waals surface area contributed by atoms with Crippen molar-refractivity contribution in [1.29, 1.82) is 0 Å². The average molecular weight is 282 g/mol. The molecule has 0 spiro atoms. The van der Waals surface area contributed by atoms with Crippen molar-refractivity contribution in [1.82, 2.24) is 9.62 Å². The first-order valence-electron chi connectivity index (χ1n) is 6.53. The molecule has 1 atom stereocenters. The summed E-state index contributed by atoms with van der Waals surface area (Å²) in [6.07, 6.45) is 1.65. The van der Waals surface area contributed by atoms with Gasteiger partial charge < -0.3 is 10.1 Å². The summed E-state index contributed by atoms with van der Waals surface area (Å²) in [5, 5.41) is 3.19. The van der Waals surface area contributed by atoms with Crippen LogP contribution in [0.1, 0.15) is 12.0 Å². The summed E-state index contributed by atoms with van der Waals surface area (Å²) < 4.78 is 32.1. The molecule has 1 N–H and O–H groups in total. The van der Waals surface area contributed by atoms with Crippen molar-refractivity contribution in [3.05, 3.63) is 23.8 Å². The molecule has 1 aromatic rings. The van der Waals surface area contributed by atoms with Gasteiger partial charge in [-0.2, -0.15) is 4.31 Å². The molecule has 2 aliphatic rings. The molecule has 1 unspecified atom stereocenters. The number of nitrogens with zero attached hydrogens (tertiary/aromatic N) is 1. The molecule has 1 fully saturated rings. The molecule has 1 aromatic carbocycles. The number of hydrogen-bond acceptors (Lipinski definition) is 4. The number of ether oxygens (including phenoxy) is 1. The van der Waals surface area contributed by atoms with Crippen molar-refractivity contribution in [2.45, 2.75) is 23.8 Å². The fourth-order valence-electron chi connectivity index (χ4n) is 2.64. The zero-order valence-electron chi connectivity index (χ0n) is 10.9. The molecular formula is C13H18N2O3S. The number of benzene rings is 1. The van der Waals surface area contributed by atoms with Gasteiger partial charge in [-0.1, -0.05) is 0 Å². The highest BCUT2D eigenvalue weighted by molar-refractivity contribution is 7.89. The first-order valence-corrected chi connectivity index (χ1v) is 7.97. The van der Waals surface area contributed by atoms with E-state index in [4.69, 9.17) is 4.74 Å². The molecule has 0 bridgehead atoms. The van der Waals surface area contributed by atoms with Gasteiger partial charge in [0.25, 0.3) is 0 Å². The molecule has 1 saturated heterocycles. The third kappa shape index (κ3) is 2.24. The van der Waals surface area contributed by atoms with E-state index in [0.717, 1.165) is 37.2 Å². The van der Waals surface area contributed by atoms with Crippen LogP contribution < -0.4 is 10.1 Å². The minimum absolute atomic E-state index is 0.0505. The van der Waals surface area contributed by atoms with Crippen LogP contribution in [0.5, 0.6) is 5.75 Å². The van der Waals surface area contributed by atoms with Crippen LogP contribution in [-0.2, 0) is 16.4 Å². The lowest BCUT2D eigenvalue weighted by molar-refractivity contribution is 0.356. The lowest BCUT2D eigenvalue weighted by atomic mass is 10.2. The largest absolute Gasteiger partial charge is 0.493 e. The zero-order chi connectivity index (χ0) is 13.5. The van der Waals surface area contributed by atoms with Crippen molar-refractivity contribution in [3.63, 3.8) is 0 Å². The Morgan fingerprint density at radius 1 is 1.42 bits per heavy atom. The van der Waals surface area contributed by atoms with Crippen molar-refractivity contribution in [3.8, 4) is 5.75 Å². The second kappa shape index (κ2) is 4.77. The minimum atomic E-state index is -3.41. The maximum Gasteiger partial charge on any atom is 0.243 e. The molecule has 5 nitrogen and oxygen atoms in total. The summed E-state index contributed by atoms with van der Waals surface area (Å²) >= 11 is 0. The van der Waals surface area contributed by atoms with Gasteiger partial charge in [-0.25, -0.2) is 8.42 Å². The lowest BCUT2D eigenvalue weighted by Crippen LogP contribution is -2.38. The van der Waals surface area contributed by atoms with Crippen molar-refractivity contribution < 1.29 is 13.2 Å². The van der Waals surface area contributed by atoms with Crippen LogP contribution in [0.4, 0.5) is 0 Å². The normalized spacial score (nSPS) is 22.5. The van der Waals surface area contributed by atoms with Gasteiger partial charge >= 0.3 is 0 Å². The van der Waals surface area contributed by atoms with E-state index in [0.29, 0.717) is 11.5 Å². The SMILES string of the molecule is CN(C1CCNC1)S(=O)(=O)c1ccc2c(c1)CCO2.